The van der Waals surface area contributed by atoms with Crippen LogP contribution in [-0.2, 0) is 13.5 Å². The molecule has 1 aromatic heterocycles. The third kappa shape index (κ3) is 3.68. The highest BCUT2D eigenvalue weighted by Crippen LogP contribution is 2.29. The van der Waals surface area contributed by atoms with Gasteiger partial charge in [-0.3, -0.25) is 0 Å². The molecular formula is C12H16ClN5S. The minimum absolute atomic E-state index is 0.152. The van der Waals surface area contributed by atoms with Crippen molar-refractivity contribution in [2.24, 2.45) is 12.8 Å². The maximum absolute atomic E-state index is 6.28. The second-order valence-corrected chi connectivity index (χ2v) is 5.76. The van der Waals surface area contributed by atoms with Crippen LogP contribution in [0.4, 0.5) is 0 Å². The van der Waals surface area contributed by atoms with Crippen LogP contribution in [0, 0.1) is 0 Å². The second kappa shape index (κ2) is 6.36. The maximum Gasteiger partial charge on any atom is 0.213 e. The first-order valence-corrected chi connectivity index (χ1v) is 7.23. The fraction of sp³-hybridized carbons (Fsp3) is 0.417. The van der Waals surface area contributed by atoms with Gasteiger partial charge in [0.1, 0.15) is 0 Å². The van der Waals surface area contributed by atoms with E-state index in [1.807, 2.05) is 18.2 Å². The van der Waals surface area contributed by atoms with Crippen LogP contribution in [0.3, 0.4) is 0 Å². The van der Waals surface area contributed by atoms with Crippen LogP contribution in [0.15, 0.2) is 28.3 Å². The first-order chi connectivity index (χ1) is 9.10. The van der Waals surface area contributed by atoms with Gasteiger partial charge >= 0.3 is 0 Å². The number of nitrogens with zero attached hydrogens (tertiary/aromatic N) is 4. The highest BCUT2D eigenvalue weighted by molar-refractivity contribution is 7.99. The molecule has 2 rings (SSSR count). The summed E-state index contributed by atoms with van der Waals surface area (Å²) in [5.41, 5.74) is 7.03. The van der Waals surface area contributed by atoms with E-state index in [1.165, 1.54) is 11.8 Å². The third-order valence-electron chi connectivity index (χ3n) is 2.82. The van der Waals surface area contributed by atoms with Crippen molar-refractivity contribution in [3.63, 3.8) is 0 Å². The SMILES string of the molecule is CCC(N)Cc1ccc(Sc2nnnn2C)cc1Cl. The van der Waals surface area contributed by atoms with E-state index in [-0.39, 0.29) is 6.04 Å². The fourth-order valence-corrected chi connectivity index (χ4v) is 2.69. The Bertz CT molecular complexity index is 557. The molecular weight excluding hydrogens is 282 g/mol. The Kier molecular flexibility index (Phi) is 4.79. The molecule has 5 nitrogen and oxygen atoms in total. The molecule has 0 aliphatic heterocycles. The van der Waals surface area contributed by atoms with Crippen LogP contribution >= 0.6 is 23.4 Å². The summed E-state index contributed by atoms with van der Waals surface area (Å²) in [6, 6.07) is 6.12. The number of halogens is 1. The van der Waals surface area contributed by atoms with E-state index in [0.29, 0.717) is 0 Å². The van der Waals surface area contributed by atoms with Gasteiger partial charge in [0.15, 0.2) is 0 Å². The number of tetrazole rings is 1. The predicted molar refractivity (Wildman–Crippen MR) is 76.3 cm³/mol. The van der Waals surface area contributed by atoms with Crippen molar-refractivity contribution in [2.75, 3.05) is 0 Å². The number of benzene rings is 1. The number of hydrogen-bond donors (Lipinski definition) is 1. The molecule has 0 aliphatic rings. The van der Waals surface area contributed by atoms with E-state index in [4.69, 9.17) is 17.3 Å². The van der Waals surface area contributed by atoms with Crippen LogP contribution in [0.2, 0.25) is 5.02 Å². The fourth-order valence-electron chi connectivity index (χ4n) is 1.60. The van der Waals surface area contributed by atoms with E-state index < -0.39 is 0 Å². The molecule has 19 heavy (non-hydrogen) atoms. The lowest BCUT2D eigenvalue weighted by molar-refractivity contribution is 0.646. The Morgan fingerprint density at radius 1 is 1.47 bits per heavy atom. The van der Waals surface area contributed by atoms with Crippen LogP contribution in [0.5, 0.6) is 0 Å². The third-order valence-corrected chi connectivity index (χ3v) is 4.19. The molecule has 0 aliphatic carbocycles. The van der Waals surface area contributed by atoms with Crippen molar-refractivity contribution < 1.29 is 0 Å². The number of hydrogen-bond acceptors (Lipinski definition) is 5. The van der Waals surface area contributed by atoms with Crippen molar-refractivity contribution in [3.8, 4) is 0 Å². The lowest BCUT2D eigenvalue weighted by atomic mass is 10.1. The molecule has 0 saturated carbocycles. The van der Waals surface area contributed by atoms with Crippen molar-refractivity contribution in [1.82, 2.24) is 20.2 Å². The summed E-state index contributed by atoms with van der Waals surface area (Å²) in [7, 11) is 1.80. The molecule has 0 spiro atoms. The topological polar surface area (TPSA) is 69.6 Å². The summed E-state index contributed by atoms with van der Waals surface area (Å²) >= 11 is 7.76. The van der Waals surface area contributed by atoms with Gasteiger partial charge in [-0.1, -0.05) is 24.6 Å². The molecule has 1 heterocycles. The minimum atomic E-state index is 0.152. The molecule has 0 saturated heterocycles. The Labute approximate surface area is 121 Å². The molecule has 2 N–H and O–H groups in total. The smallest absolute Gasteiger partial charge is 0.213 e. The summed E-state index contributed by atoms with van der Waals surface area (Å²) in [5, 5.41) is 12.8. The zero-order valence-corrected chi connectivity index (χ0v) is 12.4. The van der Waals surface area contributed by atoms with Crippen LogP contribution < -0.4 is 5.73 Å². The van der Waals surface area contributed by atoms with E-state index in [0.717, 1.165) is 33.5 Å². The average Bonchev–Trinajstić information content (AvgIpc) is 2.78. The molecule has 0 amide bonds. The minimum Gasteiger partial charge on any atom is -0.327 e. The Balaban J connectivity index is 2.12. The molecule has 1 aromatic carbocycles. The van der Waals surface area contributed by atoms with Gasteiger partial charge in [0.05, 0.1) is 0 Å². The van der Waals surface area contributed by atoms with E-state index in [1.54, 1.807) is 11.7 Å². The van der Waals surface area contributed by atoms with Gasteiger partial charge in [0, 0.05) is 23.0 Å². The molecule has 0 radical (unpaired) electrons. The quantitative estimate of drug-likeness (QED) is 0.917. The van der Waals surface area contributed by atoms with Crippen LogP contribution in [-0.4, -0.2) is 26.2 Å². The van der Waals surface area contributed by atoms with Gasteiger partial charge in [0.2, 0.25) is 5.16 Å². The lowest BCUT2D eigenvalue weighted by Gasteiger charge is -2.11. The monoisotopic (exact) mass is 297 g/mol. The molecule has 7 heteroatoms. The molecule has 0 bridgehead atoms. The van der Waals surface area contributed by atoms with Gasteiger partial charge in [-0.05, 0) is 52.7 Å². The summed E-state index contributed by atoms with van der Waals surface area (Å²) in [6.45, 7) is 2.07. The van der Waals surface area contributed by atoms with Gasteiger partial charge in [-0.25, -0.2) is 4.68 Å². The Hall–Kier alpha value is -1.11. The average molecular weight is 298 g/mol. The highest BCUT2D eigenvalue weighted by atomic mass is 35.5. The molecule has 0 fully saturated rings. The van der Waals surface area contributed by atoms with E-state index in [2.05, 4.69) is 22.4 Å². The highest BCUT2D eigenvalue weighted by Gasteiger charge is 2.09. The van der Waals surface area contributed by atoms with Gasteiger partial charge in [0.25, 0.3) is 0 Å². The first-order valence-electron chi connectivity index (χ1n) is 6.04. The molecule has 102 valence electrons. The van der Waals surface area contributed by atoms with Crippen LogP contribution in [0.25, 0.3) is 0 Å². The predicted octanol–water partition coefficient (Wildman–Crippen LogP) is 2.29. The maximum atomic E-state index is 6.28. The standard InChI is InChI=1S/C12H16ClN5S/c1-3-9(14)6-8-4-5-10(7-11(8)13)19-12-15-16-17-18(12)2/h4-5,7,9H,3,6,14H2,1-2H3. The number of rotatable bonds is 5. The van der Waals surface area contributed by atoms with Crippen molar-refractivity contribution >= 4 is 23.4 Å². The Morgan fingerprint density at radius 3 is 2.84 bits per heavy atom. The van der Waals surface area contributed by atoms with Crippen molar-refractivity contribution in [1.29, 1.82) is 0 Å². The summed E-state index contributed by atoms with van der Waals surface area (Å²) in [4.78, 5) is 1.01. The zero-order valence-electron chi connectivity index (χ0n) is 10.9. The number of nitrogens with two attached hydrogens (primary N) is 1. The van der Waals surface area contributed by atoms with Crippen molar-refractivity contribution in [2.45, 2.75) is 35.9 Å². The van der Waals surface area contributed by atoms with E-state index >= 15 is 0 Å². The van der Waals surface area contributed by atoms with E-state index in [9.17, 15) is 0 Å². The largest absolute Gasteiger partial charge is 0.327 e. The van der Waals surface area contributed by atoms with Crippen LogP contribution in [0.1, 0.15) is 18.9 Å². The molecule has 2 aromatic rings. The normalized spacial score (nSPS) is 12.6. The summed E-state index contributed by atoms with van der Waals surface area (Å²) in [6.07, 6.45) is 1.74. The second-order valence-electron chi connectivity index (χ2n) is 4.31. The van der Waals surface area contributed by atoms with Gasteiger partial charge in [-0.2, -0.15) is 0 Å². The number of aryl methyl sites for hydroxylation is 1. The van der Waals surface area contributed by atoms with Crippen molar-refractivity contribution in [3.05, 3.63) is 28.8 Å². The Morgan fingerprint density at radius 2 is 2.26 bits per heavy atom. The van der Waals surface area contributed by atoms with Gasteiger partial charge in [-0.15, -0.1) is 5.10 Å². The summed E-state index contributed by atoms with van der Waals surface area (Å²) in [5.74, 6) is 0. The first kappa shape index (κ1) is 14.3. The zero-order chi connectivity index (χ0) is 13.8. The molecule has 1 unspecified atom stereocenters. The molecule has 1 atom stereocenters. The summed E-state index contributed by atoms with van der Waals surface area (Å²) < 4.78 is 1.62. The van der Waals surface area contributed by atoms with Gasteiger partial charge < -0.3 is 5.73 Å². The number of aromatic nitrogens is 4. The lowest BCUT2D eigenvalue weighted by Crippen LogP contribution is -2.21.